The first-order chi connectivity index (χ1) is 11.7. The predicted molar refractivity (Wildman–Crippen MR) is 94.0 cm³/mol. The van der Waals surface area contributed by atoms with Gasteiger partial charge < -0.3 is 10.4 Å². The lowest BCUT2D eigenvalue weighted by Crippen LogP contribution is -2.56. The van der Waals surface area contributed by atoms with Crippen LogP contribution in [0.2, 0.25) is 0 Å². The quantitative estimate of drug-likeness (QED) is 0.841. The second kappa shape index (κ2) is 7.47. The Hall–Kier alpha value is -2.69. The van der Waals surface area contributed by atoms with Gasteiger partial charge in [0.05, 0.1) is 5.56 Å². The molecule has 132 valence electrons. The van der Waals surface area contributed by atoms with Crippen molar-refractivity contribution in [3.8, 4) is 0 Å². The molecule has 0 aliphatic rings. The van der Waals surface area contributed by atoms with Crippen LogP contribution in [-0.4, -0.2) is 22.5 Å². The molecule has 0 saturated heterocycles. The molecule has 2 aromatic rings. The number of hydrogen-bond donors (Lipinski definition) is 2. The monoisotopic (exact) mass is 343 g/mol. The van der Waals surface area contributed by atoms with Crippen molar-refractivity contribution in [2.24, 2.45) is 5.92 Å². The lowest BCUT2D eigenvalue weighted by molar-refractivity contribution is -0.145. The summed E-state index contributed by atoms with van der Waals surface area (Å²) in [5.74, 6) is -2.92. The van der Waals surface area contributed by atoms with Gasteiger partial charge in [-0.25, -0.2) is 9.18 Å². The van der Waals surface area contributed by atoms with E-state index in [1.165, 1.54) is 19.1 Å². The number of rotatable bonds is 6. The van der Waals surface area contributed by atoms with Gasteiger partial charge in [-0.3, -0.25) is 4.79 Å². The summed E-state index contributed by atoms with van der Waals surface area (Å²) in [6, 6.07) is 14.0. The fourth-order valence-electron chi connectivity index (χ4n) is 2.44. The Morgan fingerprint density at radius 2 is 1.76 bits per heavy atom. The lowest BCUT2D eigenvalue weighted by Gasteiger charge is -2.30. The van der Waals surface area contributed by atoms with Crippen molar-refractivity contribution in [2.75, 3.05) is 0 Å². The highest BCUT2D eigenvalue weighted by molar-refractivity contribution is 5.98. The average molecular weight is 343 g/mol. The summed E-state index contributed by atoms with van der Waals surface area (Å²) >= 11 is 0. The SMILES string of the molecule is CC(C)[C@@](C)(NC(=O)c1cc(Cc2ccccc2)ccc1F)C(=O)O. The number of benzene rings is 2. The van der Waals surface area contributed by atoms with Crippen LogP contribution in [0, 0.1) is 11.7 Å². The molecule has 1 atom stereocenters. The molecule has 25 heavy (non-hydrogen) atoms. The number of aliphatic carboxylic acids is 1. The Balaban J connectivity index is 2.27. The van der Waals surface area contributed by atoms with Crippen LogP contribution in [-0.2, 0) is 11.2 Å². The second-order valence-electron chi connectivity index (χ2n) is 6.59. The first-order valence-corrected chi connectivity index (χ1v) is 8.12. The maximum Gasteiger partial charge on any atom is 0.329 e. The maximum absolute atomic E-state index is 14.1. The van der Waals surface area contributed by atoms with Crippen LogP contribution in [0.1, 0.15) is 42.3 Å². The lowest BCUT2D eigenvalue weighted by atomic mass is 9.88. The van der Waals surface area contributed by atoms with E-state index in [0.717, 1.165) is 11.1 Å². The largest absolute Gasteiger partial charge is 0.480 e. The van der Waals surface area contributed by atoms with Gasteiger partial charge in [-0.1, -0.05) is 50.2 Å². The molecule has 0 aliphatic heterocycles. The first-order valence-electron chi connectivity index (χ1n) is 8.12. The minimum Gasteiger partial charge on any atom is -0.480 e. The molecule has 0 heterocycles. The smallest absolute Gasteiger partial charge is 0.329 e. The van der Waals surface area contributed by atoms with E-state index >= 15 is 0 Å². The molecule has 0 bridgehead atoms. The highest BCUT2D eigenvalue weighted by atomic mass is 19.1. The van der Waals surface area contributed by atoms with Gasteiger partial charge in [0.1, 0.15) is 11.4 Å². The highest BCUT2D eigenvalue weighted by Gasteiger charge is 2.38. The van der Waals surface area contributed by atoms with Crippen molar-refractivity contribution in [1.82, 2.24) is 5.32 Å². The Kier molecular flexibility index (Phi) is 5.57. The Labute approximate surface area is 146 Å². The fraction of sp³-hybridized carbons (Fsp3) is 0.300. The molecule has 0 fully saturated rings. The zero-order chi connectivity index (χ0) is 18.6. The average Bonchev–Trinajstić information content (AvgIpc) is 2.57. The molecule has 2 aromatic carbocycles. The summed E-state index contributed by atoms with van der Waals surface area (Å²) < 4.78 is 14.1. The Bertz CT molecular complexity index is 774. The second-order valence-corrected chi connectivity index (χ2v) is 6.59. The van der Waals surface area contributed by atoms with Crippen molar-refractivity contribution in [3.63, 3.8) is 0 Å². The topological polar surface area (TPSA) is 66.4 Å². The van der Waals surface area contributed by atoms with E-state index in [-0.39, 0.29) is 11.5 Å². The summed E-state index contributed by atoms with van der Waals surface area (Å²) in [5.41, 5.74) is 0.192. The van der Waals surface area contributed by atoms with E-state index in [4.69, 9.17) is 0 Å². The predicted octanol–water partition coefficient (Wildman–Crippen LogP) is 3.65. The molecule has 0 aromatic heterocycles. The van der Waals surface area contributed by atoms with Gasteiger partial charge in [0.25, 0.3) is 5.91 Å². The third-order valence-corrected chi connectivity index (χ3v) is 4.50. The summed E-state index contributed by atoms with van der Waals surface area (Å²) in [6.07, 6.45) is 0.557. The van der Waals surface area contributed by atoms with Gasteiger partial charge in [-0.15, -0.1) is 0 Å². The van der Waals surface area contributed by atoms with Crippen LogP contribution in [0.5, 0.6) is 0 Å². The molecule has 0 unspecified atom stereocenters. The summed E-state index contributed by atoms with van der Waals surface area (Å²) in [4.78, 5) is 24.0. The molecule has 2 rings (SSSR count). The number of amides is 1. The zero-order valence-corrected chi connectivity index (χ0v) is 14.5. The molecule has 5 heteroatoms. The van der Waals surface area contributed by atoms with Crippen LogP contribution >= 0.6 is 0 Å². The fourth-order valence-corrected chi connectivity index (χ4v) is 2.44. The van der Waals surface area contributed by atoms with Gasteiger partial charge in [0.2, 0.25) is 0 Å². The van der Waals surface area contributed by atoms with E-state index in [1.807, 2.05) is 30.3 Å². The molecular formula is C20H22FNO3. The molecule has 1 amide bonds. The van der Waals surface area contributed by atoms with Crippen LogP contribution in [0.3, 0.4) is 0 Å². The van der Waals surface area contributed by atoms with Crippen molar-refractivity contribution in [2.45, 2.75) is 32.7 Å². The number of halogens is 1. The van der Waals surface area contributed by atoms with Gasteiger partial charge in [-0.2, -0.15) is 0 Å². The Morgan fingerprint density at radius 3 is 2.32 bits per heavy atom. The van der Waals surface area contributed by atoms with E-state index in [1.54, 1.807) is 19.9 Å². The number of nitrogens with one attached hydrogen (secondary N) is 1. The van der Waals surface area contributed by atoms with E-state index in [2.05, 4.69) is 5.32 Å². The normalized spacial score (nSPS) is 13.3. The van der Waals surface area contributed by atoms with Crippen molar-refractivity contribution in [3.05, 3.63) is 71.0 Å². The number of carbonyl (C=O) groups excluding carboxylic acids is 1. The minimum atomic E-state index is -1.47. The number of hydrogen-bond acceptors (Lipinski definition) is 2. The highest BCUT2D eigenvalue weighted by Crippen LogP contribution is 2.20. The van der Waals surface area contributed by atoms with E-state index in [0.29, 0.717) is 6.42 Å². The summed E-state index contributed by atoms with van der Waals surface area (Å²) in [7, 11) is 0. The molecule has 0 radical (unpaired) electrons. The number of carbonyl (C=O) groups is 2. The van der Waals surface area contributed by atoms with E-state index in [9.17, 15) is 19.1 Å². The number of carboxylic acids is 1. The third-order valence-electron chi connectivity index (χ3n) is 4.50. The van der Waals surface area contributed by atoms with Crippen LogP contribution in [0.15, 0.2) is 48.5 Å². The van der Waals surface area contributed by atoms with Gasteiger partial charge in [-0.05, 0) is 42.5 Å². The Morgan fingerprint density at radius 1 is 1.12 bits per heavy atom. The molecule has 0 aliphatic carbocycles. The molecule has 0 spiro atoms. The minimum absolute atomic E-state index is 0.151. The molecular weight excluding hydrogens is 321 g/mol. The third kappa shape index (κ3) is 4.24. The summed E-state index contributed by atoms with van der Waals surface area (Å²) in [6.45, 7) is 4.80. The van der Waals surface area contributed by atoms with Crippen molar-refractivity contribution >= 4 is 11.9 Å². The van der Waals surface area contributed by atoms with Crippen LogP contribution in [0.4, 0.5) is 4.39 Å². The van der Waals surface area contributed by atoms with Gasteiger partial charge >= 0.3 is 5.97 Å². The molecule has 2 N–H and O–H groups in total. The standard InChI is InChI=1S/C20H22FNO3/c1-13(2)20(3,19(24)25)22-18(23)16-12-15(9-10-17(16)21)11-14-7-5-4-6-8-14/h4-10,12-13H,11H2,1-3H3,(H,22,23)(H,24,25)/t20-/m1/s1. The van der Waals surface area contributed by atoms with Crippen LogP contribution < -0.4 is 5.32 Å². The van der Waals surface area contributed by atoms with Gasteiger partial charge in [0.15, 0.2) is 0 Å². The molecule has 4 nitrogen and oxygen atoms in total. The van der Waals surface area contributed by atoms with E-state index < -0.39 is 23.2 Å². The summed E-state index contributed by atoms with van der Waals surface area (Å²) in [5, 5.41) is 11.9. The van der Waals surface area contributed by atoms with Crippen molar-refractivity contribution < 1.29 is 19.1 Å². The molecule has 0 saturated carbocycles. The first kappa shape index (κ1) is 18.6. The van der Waals surface area contributed by atoms with Gasteiger partial charge in [0, 0.05) is 0 Å². The number of carboxylic acid groups (broad SMARTS) is 1. The zero-order valence-electron chi connectivity index (χ0n) is 14.5. The van der Waals surface area contributed by atoms with Crippen molar-refractivity contribution in [1.29, 1.82) is 0 Å². The van der Waals surface area contributed by atoms with Crippen LogP contribution in [0.25, 0.3) is 0 Å². The maximum atomic E-state index is 14.1.